The Morgan fingerprint density at radius 2 is 1.57 bits per heavy atom. The van der Waals surface area contributed by atoms with Crippen molar-refractivity contribution in [3.8, 4) is 23.0 Å². The first-order chi connectivity index (χ1) is 17.6. The third-order valence-corrected chi connectivity index (χ3v) is 6.19. The van der Waals surface area contributed by atoms with Crippen molar-refractivity contribution < 1.29 is 32.7 Å². The summed E-state index contributed by atoms with van der Waals surface area (Å²) in [5, 5.41) is 28.8. The summed E-state index contributed by atoms with van der Waals surface area (Å²) >= 11 is 0. The molecule has 0 heterocycles. The zero-order valence-corrected chi connectivity index (χ0v) is 20.4. The van der Waals surface area contributed by atoms with Gasteiger partial charge < -0.3 is 30.8 Å². The molecular formula is C24H23N5O7S. The van der Waals surface area contributed by atoms with Gasteiger partial charge in [-0.05, 0) is 53.9 Å². The fourth-order valence-corrected chi connectivity index (χ4v) is 4.17. The monoisotopic (exact) mass is 525 g/mol. The van der Waals surface area contributed by atoms with E-state index in [2.05, 4.69) is 21.1 Å². The van der Waals surface area contributed by atoms with Gasteiger partial charge in [0.05, 0.1) is 25.6 Å². The van der Waals surface area contributed by atoms with Crippen LogP contribution in [0.5, 0.6) is 23.0 Å². The lowest BCUT2D eigenvalue weighted by Crippen LogP contribution is -2.09. The average molecular weight is 526 g/mol. The number of nitrogens with zero attached hydrogens (tertiary/aromatic N) is 2. The highest BCUT2D eigenvalue weighted by atomic mass is 32.2. The maximum absolute atomic E-state index is 12.1. The molecule has 0 amide bonds. The van der Waals surface area contributed by atoms with E-state index in [4.69, 9.17) is 15.2 Å². The lowest BCUT2D eigenvalue weighted by atomic mass is 10.1. The van der Waals surface area contributed by atoms with Crippen LogP contribution in [0, 0.1) is 0 Å². The van der Waals surface area contributed by atoms with Crippen molar-refractivity contribution in [1.29, 1.82) is 0 Å². The first-order valence-corrected chi connectivity index (χ1v) is 12.1. The van der Waals surface area contributed by atoms with Crippen LogP contribution >= 0.6 is 0 Å². The standard InChI is InChI=1S/C24H23N5O7S/c1-35-20-12-19(21(36-2)11-18(20)27-26-15-4-6-16(30)7-5-15)28-29-23-22(37(32,33)34)10-13-9-14(25)3-8-17(13)24(23)31/h3-12,26-27,30-31H,25H2,1-2H3,(H,32,33,34). The molecule has 0 saturated carbocycles. The molecule has 0 aromatic heterocycles. The fraction of sp³-hybridized carbons (Fsp3) is 0.0833. The van der Waals surface area contributed by atoms with Crippen molar-refractivity contribution in [2.45, 2.75) is 4.90 Å². The zero-order chi connectivity index (χ0) is 26.7. The number of phenolic OH excluding ortho intramolecular Hbond substituents is 2. The minimum atomic E-state index is -4.78. The van der Waals surface area contributed by atoms with E-state index >= 15 is 0 Å². The Morgan fingerprint density at radius 3 is 2.22 bits per heavy atom. The maximum atomic E-state index is 12.1. The van der Waals surface area contributed by atoms with Gasteiger partial charge in [-0.1, -0.05) is 0 Å². The zero-order valence-electron chi connectivity index (χ0n) is 19.6. The van der Waals surface area contributed by atoms with Gasteiger partial charge in [0, 0.05) is 23.2 Å². The summed E-state index contributed by atoms with van der Waals surface area (Å²) < 4.78 is 44.7. The summed E-state index contributed by atoms with van der Waals surface area (Å²) in [4.78, 5) is -0.644. The predicted molar refractivity (Wildman–Crippen MR) is 139 cm³/mol. The highest BCUT2D eigenvalue weighted by Crippen LogP contribution is 2.44. The molecule has 13 heteroatoms. The molecule has 7 N–H and O–H groups in total. The van der Waals surface area contributed by atoms with Gasteiger partial charge >= 0.3 is 0 Å². The number of rotatable bonds is 8. The summed E-state index contributed by atoms with van der Waals surface area (Å²) in [5.74, 6) is 0.185. The molecule has 0 atom stereocenters. The molecule has 0 unspecified atom stereocenters. The molecule has 4 rings (SSSR count). The van der Waals surface area contributed by atoms with Crippen LogP contribution in [0.2, 0.25) is 0 Å². The molecule has 12 nitrogen and oxygen atoms in total. The van der Waals surface area contributed by atoms with Crippen LogP contribution in [0.1, 0.15) is 0 Å². The normalized spacial score (nSPS) is 11.5. The largest absolute Gasteiger partial charge is 0.508 e. The van der Waals surface area contributed by atoms with E-state index in [0.717, 1.165) is 6.07 Å². The van der Waals surface area contributed by atoms with Gasteiger partial charge in [-0.2, -0.15) is 8.42 Å². The number of phenols is 2. The second-order valence-electron chi connectivity index (χ2n) is 7.75. The second kappa shape index (κ2) is 10.1. The third-order valence-electron chi connectivity index (χ3n) is 5.32. The number of fused-ring (bicyclic) bond motifs is 1. The number of nitrogens with one attached hydrogen (secondary N) is 2. The van der Waals surface area contributed by atoms with E-state index in [9.17, 15) is 23.2 Å². The Bertz CT molecular complexity index is 1610. The van der Waals surface area contributed by atoms with E-state index in [-0.39, 0.29) is 22.6 Å². The summed E-state index contributed by atoms with van der Waals surface area (Å²) in [7, 11) is -1.94. The van der Waals surface area contributed by atoms with Crippen LogP contribution < -0.4 is 26.1 Å². The highest BCUT2D eigenvalue weighted by molar-refractivity contribution is 7.86. The number of hydrogen-bond acceptors (Lipinski definition) is 11. The van der Waals surface area contributed by atoms with Crippen LogP contribution in [-0.2, 0) is 10.1 Å². The number of azo groups is 1. The third kappa shape index (κ3) is 5.42. The number of hydrazine groups is 1. The number of nitrogens with two attached hydrogens (primary N) is 1. The van der Waals surface area contributed by atoms with E-state index in [1.807, 2.05) is 0 Å². The molecule has 4 aromatic carbocycles. The molecule has 37 heavy (non-hydrogen) atoms. The van der Waals surface area contributed by atoms with Crippen LogP contribution in [0.4, 0.5) is 28.4 Å². The molecule has 0 saturated heterocycles. The first kappa shape index (κ1) is 25.3. The Hall–Kier alpha value is -4.75. The van der Waals surface area contributed by atoms with Crippen LogP contribution in [0.3, 0.4) is 0 Å². The Kier molecular flexibility index (Phi) is 6.91. The maximum Gasteiger partial charge on any atom is 0.296 e. The number of aromatic hydroxyl groups is 2. The van der Waals surface area contributed by atoms with Crippen molar-refractivity contribution in [3.63, 3.8) is 0 Å². The molecule has 0 aliphatic carbocycles. The fourth-order valence-electron chi connectivity index (χ4n) is 3.51. The Balaban J connectivity index is 1.74. The van der Waals surface area contributed by atoms with Gasteiger partial charge in [0.2, 0.25) is 0 Å². The van der Waals surface area contributed by atoms with Crippen molar-refractivity contribution in [1.82, 2.24) is 0 Å². The molecule has 0 fully saturated rings. The number of benzene rings is 4. The topological polar surface area (TPSA) is 188 Å². The minimum Gasteiger partial charge on any atom is -0.508 e. The molecule has 0 aliphatic heterocycles. The van der Waals surface area contributed by atoms with Crippen molar-refractivity contribution in [2.24, 2.45) is 10.2 Å². The van der Waals surface area contributed by atoms with Gasteiger partial charge in [0.25, 0.3) is 10.1 Å². The van der Waals surface area contributed by atoms with Gasteiger partial charge in [-0.15, -0.1) is 10.2 Å². The Morgan fingerprint density at radius 1 is 0.865 bits per heavy atom. The smallest absolute Gasteiger partial charge is 0.296 e. The molecule has 0 radical (unpaired) electrons. The Labute approximate surface area is 211 Å². The molecule has 0 spiro atoms. The molecule has 0 aliphatic rings. The molecule has 4 aromatic rings. The lowest BCUT2D eigenvalue weighted by molar-refractivity contribution is 0.405. The summed E-state index contributed by atoms with van der Waals surface area (Å²) in [6, 6.07) is 15.0. The van der Waals surface area contributed by atoms with E-state index in [1.54, 1.807) is 18.2 Å². The highest BCUT2D eigenvalue weighted by Gasteiger charge is 2.22. The van der Waals surface area contributed by atoms with Gasteiger partial charge in [0.1, 0.15) is 33.5 Å². The number of anilines is 3. The van der Waals surface area contributed by atoms with Crippen LogP contribution in [0.15, 0.2) is 75.8 Å². The van der Waals surface area contributed by atoms with Crippen molar-refractivity contribution in [3.05, 3.63) is 60.7 Å². The van der Waals surface area contributed by atoms with E-state index in [0.29, 0.717) is 28.2 Å². The van der Waals surface area contributed by atoms with Crippen LogP contribution in [0.25, 0.3) is 10.8 Å². The van der Waals surface area contributed by atoms with Crippen molar-refractivity contribution in [2.75, 3.05) is 30.8 Å². The molecular weight excluding hydrogens is 502 g/mol. The SMILES string of the molecule is COc1cc(NNc2ccc(O)cc2)c(OC)cc1N=Nc1c(S(=O)(=O)O)cc2cc(N)ccc2c1O. The lowest BCUT2D eigenvalue weighted by Gasteiger charge is -2.15. The van der Waals surface area contributed by atoms with E-state index in [1.165, 1.54) is 50.6 Å². The average Bonchev–Trinajstić information content (AvgIpc) is 2.86. The van der Waals surface area contributed by atoms with Gasteiger partial charge in [-0.3, -0.25) is 9.98 Å². The summed E-state index contributed by atoms with van der Waals surface area (Å²) in [6.07, 6.45) is 0. The van der Waals surface area contributed by atoms with Crippen molar-refractivity contribution >= 4 is 49.3 Å². The van der Waals surface area contributed by atoms with E-state index < -0.39 is 26.5 Å². The van der Waals surface area contributed by atoms with Gasteiger partial charge in [-0.25, -0.2) is 0 Å². The van der Waals surface area contributed by atoms with Gasteiger partial charge in [0.15, 0.2) is 5.75 Å². The number of ether oxygens (including phenoxy) is 2. The molecule has 0 bridgehead atoms. The summed E-state index contributed by atoms with van der Waals surface area (Å²) in [5.41, 5.74) is 12.8. The van der Waals surface area contributed by atoms with Crippen LogP contribution in [-0.4, -0.2) is 37.4 Å². The first-order valence-electron chi connectivity index (χ1n) is 10.6. The number of nitrogen functional groups attached to an aromatic ring is 1. The second-order valence-corrected chi connectivity index (χ2v) is 9.14. The quantitative estimate of drug-likeness (QED) is 0.0603. The predicted octanol–water partition coefficient (Wildman–Crippen LogP) is 4.95. The number of methoxy groups -OCH3 is 2. The molecule has 192 valence electrons. The minimum absolute atomic E-state index is 0.123. The number of hydrogen-bond donors (Lipinski definition) is 6. The summed E-state index contributed by atoms with van der Waals surface area (Å²) in [6.45, 7) is 0.